The second kappa shape index (κ2) is 5.52. The van der Waals surface area contributed by atoms with Crippen molar-refractivity contribution in [2.45, 2.75) is 19.1 Å². The van der Waals surface area contributed by atoms with Crippen LogP contribution in [0, 0.1) is 0 Å². The van der Waals surface area contributed by atoms with Crippen LogP contribution in [-0.2, 0) is 16.9 Å². The molecule has 0 amide bonds. The molecule has 0 aliphatic rings. The molecule has 0 saturated heterocycles. The molecule has 2 heterocycles. The Bertz CT molecular complexity index is 508. The highest BCUT2D eigenvalue weighted by Gasteiger charge is 2.32. The molecule has 0 saturated carbocycles. The zero-order valence-electron chi connectivity index (χ0n) is 10.3. The number of rotatable bonds is 5. The maximum atomic E-state index is 10.8. The molecule has 1 unspecified atom stereocenters. The first-order chi connectivity index (χ1) is 8.57. The van der Waals surface area contributed by atoms with Gasteiger partial charge in [0.15, 0.2) is 0 Å². The largest absolute Gasteiger partial charge is 0.383 e. The maximum Gasteiger partial charge on any atom is 0.138 e. The summed E-state index contributed by atoms with van der Waals surface area (Å²) in [6.07, 6.45) is 1.70. The molecule has 6 heteroatoms. The molecule has 0 aromatic carbocycles. The molecule has 0 radical (unpaired) electrons. The van der Waals surface area contributed by atoms with E-state index < -0.39 is 5.60 Å². The van der Waals surface area contributed by atoms with E-state index in [1.807, 2.05) is 17.5 Å². The van der Waals surface area contributed by atoms with Gasteiger partial charge in [0, 0.05) is 12.0 Å². The van der Waals surface area contributed by atoms with E-state index in [0.29, 0.717) is 13.2 Å². The number of hydrogen-bond donors (Lipinski definition) is 1. The number of nitrogens with zero attached hydrogens (tertiary/aromatic N) is 2. The topological polar surface area (TPSA) is 47.3 Å². The summed E-state index contributed by atoms with van der Waals surface area (Å²) in [7, 11) is 1.65. The highest BCUT2D eigenvalue weighted by molar-refractivity contribution is 9.10. The summed E-state index contributed by atoms with van der Waals surface area (Å²) in [6.45, 7) is 2.95. The molecule has 98 valence electrons. The molecule has 0 bridgehead atoms. The van der Waals surface area contributed by atoms with Crippen molar-refractivity contribution in [3.05, 3.63) is 38.8 Å². The second-order valence-electron chi connectivity index (χ2n) is 4.11. The molecule has 2 rings (SSSR count). The van der Waals surface area contributed by atoms with Crippen LogP contribution in [-0.4, -0.2) is 28.6 Å². The standard InChI is InChI=1S/C12H15BrN2O2S/c1-12(16,10-4-3-7-18-10)11-9(13)8-14-15(11)5-6-17-2/h3-4,7-8,16H,5-6H2,1-2H3. The van der Waals surface area contributed by atoms with Crippen molar-refractivity contribution in [1.82, 2.24) is 9.78 Å². The van der Waals surface area contributed by atoms with Crippen molar-refractivity contribution in [1.29, 1.82) is 0 Å². The number of hydrogen-bond acceptors (Lipinski definition) is 4. The fourth-order valence-electron chi connectivity index (χ4n) is 1.87. The highest BCUT2D eigenvalue weighted by atomic mass is 79.9. The van der Waals surface area contributed by atoms with Gasteiger partial charge in [0.2, 0.25) is 0 Å². The van der Waals surface area contributed by atoms with E-state index >= 15 is 0 Å². The van der Waals surface area contributed by atoms with Crippen molar-refractivity contribution in [3.8, 4) is 0 Å². The summed E-state index contributed by atoms with van der Waals surface area (Å²) in [5, 5.41) is 17.0. The predicted octanol–water partition coefficient (Wildman–Crippen LogP) is 2.61. The average Bonchev–Trinajstić information content (AvgIpc) is 2.95. The van der Waals surface area contributed by atoms with E-state index in [2.05, 4.69) is 21.0 Å². The fraction of sp³-hybridized carbons (Fsp3) is 0.417. The van der Waals surface area contributed by atoms with Crippen LogP contribution >= 0.6 is 27.3 Å². The van der Waals surface area contributed by atoms with E-state index in [1.165, 1.54) is 11.3 Å². The quantitative estimate of drug-likeness (QED) is 0.916. The Morgan fingerprint density at radius 2 is 2.39 bits per heavy atom. The minimum atomic E-state index is -1.06. The summed E-state index contributed by atoms with van der Waals surface area (Å²) >= 11 is 4.98. The average molecular weight is 331 g/mol. The summed E-state index contributed by atoms with van der Waals surface area (Å²) in [5.74, 6) is 0. The minimum absolute atomic E-state index is 0.557. The van der Waals surface area contributed by atoms with Crippen LogP contribution in [0.2, 0.25) is 0 Å². The Hall–Kier alpha value is -0.690. The molecule has 2 aromatic heterocycles. The van der Waals surface area contributed by atoms with Gasteiger partial charge in [-0.05, 0) is 34.3 Å². The summed E-state index contributed by atoms with van der Waals surface area (Å²) in [4.78, 5) is 0.891. The minimum Gasteiger partial charge on any atom is -0.383 e. The van der Waals surface area contributed by atoms with Crippen LogP contribution in [0.3, 0.4) is 0 Å². The number of aliphatic hydroxyl groups is 1. The monoisotopic (exact) mass is 330 g/mol. The van der Waals surface area contributed by atoms with Gasteiger partial charge in [-0.15, -0.1) is 11.3 Å². The van der Waals surface area contributed by atoms with Crippen LogP contribution in [0.4, 0.5) is 0 Å². The van der Waals surface area contributed by atoms with Gasteiger partial charge in [0.1, 0.15) is 5.60 Å². The lowest BCUT2D eigenvalue weighted by molar-refractivity contribution is 0.0912. The molecule has 0 spiro atoms. The van der Waals surface area contributed by atoms with Gasteiger partial charge < -0.3 is 9.84 Å². The van der Waals surface area contributed by atoms with Crippen molar-refractivity contribution in [3.63, 3.8) is 0 Å². The number of thiophene rings is 1. The van der Waals surface area contributed by atoms with E-state index in [4.69, 9.17) is 4.74 Å². The summed E-state index contributed by atoms with van der Waals surface area (Å²) < 4.78 is 7.63. The van der Waals surface area contributed by atoms with Crippen LogP contribution in [0.1, 0.15) is 17.5 Å². The molecular weight excluding hydrogens is 316 g/mol. The van der Waals surface area contributed by atoms with Gasteiger partial charge >= 0.3 is 0 Å². The Morgan fingerprint density at radius 3 is 3.00 bits per heavy atom. The normalized spacial score (nSPS) is 14.7. The number of halogens is 1. The maximum absolute atomic E-state index is 10.8. The molecule has 0 fully saturated rings. The zero-order valence-corrected chi connectivity index (χ0v) is 12.7. The second-order valence-corrected chi connectivity index (χ2v) is 5.91. The third-order valence-corrected chi connectivity index (χ3v) is 4.43. The van der Waals surface area contributed by atoms with Gasteiger partial charge in [-0.25, -0.2) is 0 Å². The van der Waals surface area contributed by atoms with Crippen LogP contribution in [0.15, 0.2) is 28.2 Å². The molecule has 18 heavy (non-hydrogen) atoms. The number of ether oxygens (including phenoxy) is 1. The Labute approximate surface area is 118 Å². The zero-order chi connectivity index (χ0) is 13.2. The van der Waals surface area contributed by atoms with E-state index in [1.54, 1.807) is 24.9 Å². The van der Waals surface area contributed by atoms with Crippen LogP contribution in [0.25, 0.3) is 0 Å². The lowest BCUT2D eigenvalue weighted by atomic mass is 10.0. The van der Waals surface area contributed by atoms with Gasteiger partial charge in [-0.2, -0.15) is 5.10 Å². The molecule has 0 aliphatic carbocycles. The third-order valence-electron chi connectivity index (χ3n) is 2.76. The Morgan fingerprint density at radius 1 is 1.61 bits per heavy atom. The number of aromatic nitrogens is 2. The van der Waals surface area contributed by atoms with Gasteiger partial charge in [-0.1, -0.05) is 6.07 Å². The highest BCUT2D eigenvalue weighted by Crippen LogP contribution is 2.36. The molecule has 1 N–H and O–H groups in total. The molecule has 0 aliphatic heterocycles. The lowest BCUT2D eigenvalue weighted by Crippen LogP contribution is -2.27. The predicted molar refractivity (Wildman–Crippen MR) is 74.8 cm³/mol. The van der Waals surface area contributed by atoms with Crippen molar-refractivity contribution in [2.24, 2.45) is 0 Å². The van der Waals surface area contributed by atoms with Gasteiger partial charge in [0.25, 0.3) is 0 Å². The fourth-order valence-corrected chi connectivity index (χ4v) is 3.34. The van der Waals surface area contributed by atoms with Gasteiger partial charge in [0.05, 0.1) is 29.5 Å². The smallest absolute Gasteiger partial charge is 0.138 e. The third kappa shape index (κ3) is 2.51. The molecular formula is C12H15BrN2O2S. The summed E-state index contributed by atoms with van der Waals surface area (Å²) in [6, 6.07) is 3.85. The van der Waals surface area contributed by atoms with Crippen LogP contribution in [0.5, 0.6) is 0 Å². The Balaban J connectivity index is 2.40. The van der Waals surface area contributed by atoms with Crippen LogP contribution < -0.4 is 0 Å². The van der Waals surface area contributed by atoms with Gasteiger partial charge in [-0.3, -0.25) is 4.68 Å². The lowest BCUT2D eigenvalue weighted by Gasteiger charge is -2.24. The van der Waals surface area contributed by atoms with E-state index in [-0.39, 0.29) is 0 Å². The first-order valence-electron chi connectivity index (χ1n) is 5.54. The number of methoxy groups -OCH3 is 1. The molecule has 1 atom stereocenters. The molecule has 2 aromatic rings. The SMILES string of the molecule is COCCn1ncc(Br)c1C(C)(O)c1cccs1. The Kier molecular flexibility index (Phi) is 4.21. The van der Waals surface area contributed by atoms with E-state index in [9.17, 15) is 5.11 Å². The van der Waals surface area contributed by atoms with Crippen molar-refractivity contribution in [2.75, 3.05) is 13.7 Å². The van der Waals surface area contributed by atoms with Crippen molar-refractivity contribution < 1.29 is 9.84 Å². The van der Waals surface area contributed by atoms with Crippen molar-refractivity contribution >= 4 is 27.3 Å². The van der Waals surface area contributed by atoms with E-state index in [0.717, 1.165) is 15.0 Å². The molecule has 4 nitrogen and oxygen atoms in total. The summed E-state index contributed by atoms with van der Waals surface area (Å²) in [5.41, 5.74) is -0.306. The first kappa shape index (κ1) is 13.7. The first-order valence-corrected chi connectivity index (χ1v) is 7.21.